The number of hydrogen-bond acceptors (Lipinski definition) is 5. The molecule has 0 bridgehead atoms. The van der Waals surface area contributed by atoms with Crippen molar-refractivity contribution in [2.75, 3.05) is 13.7 Å². The molecule has 1 aromatic heterocycles. The normalized spacial score (nSPS) is 18.6. The summed E-state index contributed by atoms with van der Waals surface area (Å²) >= 11 is 3.38. The topological polar surface area (TPSA) is 55.7 Å². The Morgan fingerprint density at radius 2 is 2.32 bits per heavy atom. The van der Waals surface area contributed by atoms with Gasteiger partial charge in [0.05, 0.1) is 17.6 Å². The van der Waals surface area contributed by atoms with Gasteiger partial charge in [-0.3, -0.25) is 0 Å². The van der Waals surface area contributed by atoms with Crippen LogP contribution < -0.4 is 10.1 Å². The molecule has 0 spiro atoms. The highest BCUT2D eigenvalue weighted by Crippen LogP contribution is 2.22. The van der Waals surface area contributed by atoms with Gasteiger partial charge >= 0.3 is 0 Å². The van der Waals surface area contributed by atoms with Crippen molar-refractivity contribution >= 4 is 21.8 Å². The van der Waals surface area contributed by atoms with E-state index < -0.39 is 0 Å². The van der Waals surface area contributed by atoms with Crippen LogP contribution in [0.15, 0.2) is 21.8 Å². The predicted octanol–water partition coefficient (Wildman–Crippen LogP) is 2.55. The minimum absolute atomic E-state index is 0.268. The first kappa shape index (κ1) is 14.1. The van der Waals surface area contributed by atoms with Crippen LogP contribution in [0.2, 0.25) is 0 Å². The average Bonchev–Trinajstić information content (AvgIpc) is 2.39. The SMILES string of the molecule is COc1nc(C2=NOCC(CC(C)C)N2)ccc1Br. The van der Waals surface area contributed by atoms with Gasteiger partial charge in [-0.2, -0.15) is 0 Å². The van der Waals surface area contributed by atoms with Crippen molar-refractivity contribution < 1.29 is 9.57 Å². The summed E-state index contributed by atoms with van der Waals surface area (Å²) in [6.07, 6.45) is 1.03. The lowest BCUT2D eigenvalue weighted by atomic mass is 10.0. The maximum atomic E-state index is 5.29. The summed E-state index contributed by atoms with van der Waals surface area (Å²) < 4.78 is 6.00. The van der Waals surface area contributed by atoms with E-state index >= 15 is 0 Å². The number of halogens is 1. The van der Waals surface area contributed by atoms with Crippen molar-refractivity contribution in [2.45, 2.75) is 26.3 Å². The Labute approximate surface area is 121 Å². The van der Waals surface area contributed by atoms with Crippen molar-refractivity contribution in [3.8, 4) is 5.88 Å². The molecule has 1 aromatic rings. The van der Waals surface area contributed by atoms with E-state index in [0.29, 0.717) is 29.9 Å². The molecule has 2 rings (SSSR count). The molecule has 1 atom stereocenters. The van der Waals surface area contributed by atoms with E-state index in [9.17, 15) is 0 Å². The minimum atomic E-state index is 0.268. The number of hydrogen-bond donors (Lipinski definition) is 1. The summed E-state index contributed by atoms with van der Waals surface area (Å²) in [6, 6.07) is 4.03. The van der Waals surface area contributed by atoms with Gasteiger partial charge in [0.25, 0.3) is 0 Å². The van der Waals surface area contributed by atoms with Crippen LogP contribution in [0.25, 0.3) is 0 Å². The van der Waals surface area contributed by atoms with Crippen LogP contribution in [0.3, 0.4) is 0 Å². The van der Waals surface area contributed by atoms with Crippen molar-refractivity contribution in [3.05, 3.63) is 22.3 Å². The van der Waals surface area contributed by atoms with Crippen molar-refractivity contribution in [1.82, 2.24) is 10.3 Å². The summed E-state index contributed by atoms with van der Waals surface area (Å²) in [5.74, 6) is 1.79. The van der Waals surface area contributed by atoms with E-state index in [1.54, 1.807) is 7.11 Å². The highest BCUT2D eigenvalue weighted by atomic mass is 79.9. The number of nitrogens with one attached hydrogen (secondary N) is 1. The Balaban J connectivity index is 2.15. The zero-order chi connectivity index (χ0) is 13.8. The van der Waals surface area contributed by atoms with Crippen LogP contribution in [0, 0.1) is 5.92 Å². The molecule has 0 saturated heterocycles. The summed E-state index contributed by atoms with van der Waals surface area (Å²) in [4.78, 5) is 9.67. The molecule has 0 aliphatic carbocycles. The van der Waals surface area contributed by atoms with Gasteiger partial charge in [-0.25, -0.2) is 4.98 Å². The molecule has 6 heteroatoms. The lowest BCUT2D eigenvalue weighted by Gasteiger charge is -2.25. The van der Waals surface area contributed by atoms with E-state index in [1.807, 2.05) is 12.1 Å². The van der Waals surface area contributed by atoms with Gasteiger partial charge in [-0.15, -0.1) is 0 Å². The lowest BCUT2D eigenvalue weighted by Crippen LogP contribution is -2.43. The zero-order valence-corrected chi connectivity index (χ0v) is 12.9. The molecule has 1 N–H and O–H groups in total. The van der Waals surface area contributed by atoms with E-state index in [0.717, 1.165) is 10.9 Å². The first-order valence-corrected chi connectivity index (χ1v) is 7.07. The predicted molar refractivity (Wildman–Crippen MR) is 77.4 cm³/mol. The first-order valence-electron chi connectivity index (χ1n) is 6.27. The maximum absolute atomic E-state index is 5.29. The Bertz CT molecular complexity index is 477. The minimum Gasteiger partial charge on any atom is -0.480 e. The number of amidine groups is 1. The third kappa shape index (κ3) is 3.59. The summed E-state index contributed by atoms with van der Waals surface area (Å²) in [5, 5.41) is 7.40. The van der Waals surface area contributed by atoms with Crippen LogP contribution >= 0.6 is 15.9 Å². The number of aromatic nitrogens is 1. The number of ether oxygens (including phenoxy) is 1. The molecule has 1 aliphatic rings. The molecule has 0 saturated carbocycles. The molecule has 104 valence electrons. The number of nitrogens with zero attached hydrogens (tertiary/aromatic N) is 2. The summed E-state index contributed by atoms with van der Waals surface area (Å²) in [7, 11) is 1.59. The molecule has 1 unspecified atom stereocenters. The molecular formula is C13H18BrN3O2. The molecule has 0 radical (unpaired) electrons. The number of methoxy groups -OCH3 is 1. The standard InChI is InChI=1S/C13H18BrN3O2/c1-8(2)6-9-7-19-17-12(15-9)11-5-4-10(14)13(16-11)18-3/h4-5,8-9H,6-7H2,1-3H3,(H,15,17). The fourth-order valence-electron chi connectivity index (χ4n) is 1.97. The van der Waals surface area contributed by atoms with Gasteiger partial charge in [-0.05, 0) is 40.4 Å². The number of rotatable bonds is 4. The lowest BCUT2D eigenvalue weighted by molar-refractivity contribution is 0.102. The Kier molecular flexibility index (Phi) is 4.63. The van der Waals surface area contributed by atoms with Gasteiger partial charge in [0.15, 0.2) is 5.84 Å². The Hall–Kier alpha value is -1.30. The first-order chi connectivity index (χ1) is 9.10. The second-order valence-electron chi connectivity index (χ2n) is 4.89. The van der Waals surface area contributed by atoms with Crippen LogP contribution in [-0.4, -0.2) is 30.6 Å². The molecule has 19 heavy (non-hydrogen) atoms. The van der Waals surface area contributed by atoms with Crippen molar-refractivity contribution in [2.24, 2.45) is 11.1 Å². The van der Waals surface area contributed by atoms with E-state index in [4.69, 9.17) is 9.57 Å². The fraction of sp³-hybridized carbons (Fsp3) is 0.538. The largest absolute Gasteiger partial charge is 0.480 e. The van der Waals surface area contributed by atoms with Crippen molar-refractivity contribution in [3.63, 3.8) is 0 Å². The zero-order valence-electron chi connectivity index (χ0n) is 11.3. The molecular weight excluding hydrogens is 310 g/mol. The smallest absolute Gasteiger partial charge is 0.228 e. The highest BCUT2D eigenvalue weighted by molar-refractivity contribution is 9.10. The van der Waals surface area contributed by atoms with Crippen molar-refractivity contribution in [1.29, 1.82) is 0 Å². The number of pyridine rings is 1. The van der Waals surface area contributed by atoms with Crippen LogP contribution in [0.4, 0.5) is 0 Å². The molecule has 0 amide bonds. The van der Waals surface area contributed by atoms with Gasteiger partial charge in [-0.1, -0.05) is 19.0 Å². The number of oxime groups is 1. The monoisotopic (exact) mass is 327 g/mol. The van der Waals surface area contributed by atoms with Gasteiger partial charge in [0.2, 0.25) is 5.88 Å². The van der Waals surface area contributed by atoms with Gasteiger partial charge in [0.1, 0.15) is 12.3 Å². The molecule has 0 aromatic carbocycles. The van der Waals surface area contributed by atoms with Gasteiger partial charge < -0.3 is 14.9 Å². The quantitative estimate of drug-likeness (QED) is 0.923. The molecule has 5 nitrogen and oxygen atoms in total. The third-order valence-electron chi connectivity index (χ3n) is 2.78. The highest BCUT2D eigenvalue weighted by Gasteiger charge is 2.20. The van der Waals surface area contributed by atoms with E-state index in [-0.39, 0.29) is 6.04 Å². The van der Waals surface area contributed by atoms with Crippen LogP contribution in [-0.2, 0) is 4.84 Å². The summed E-state index contributed by atoms with van der Waals surface area (Å²) in [5.41, 5.74) is 0.716. The fourth-order valence-corrected chi connectivity index (χ4v) is 2.35. The van der Waals surface area contributed by atoms with E-state index in [2.05, 4.69) is 45.2 Å². The van der Waals surface area contributed by atoms with Crippen LogP contribution in [0.1, 0.15) is 26.0 Å². The van der Waals surface area contributed by atoms with Crippen LogP contribution in [0.5, 0.6) is 5.88 Å². The molecule has 0 fully saturated rings. The van der Waals surface area contributed by atoms with Gasteiger partial charge in [0, 0.05) is 0 Å². The average molecular weight is 328 g/mol. The Morgan fingerprint density at radius 1 is 1.53 bits per heavy atom. The maximum Gasteiger partial charge on any atom is 0.228 e. The van der Waals surface area contributed by atoms with E-state index in [1.165, 1.54) is 0 Å². The second kappa shape index (κ2) is 6.23. The summed E-state index contributed by atoms with van der Waals surface area (Å²) in [6.45, 7) is 4.97. The third-order valence-corrected chi connectivity index (χ3v) is 3.38. The molecule has 1 aliphatic heterocycles. The molecule has 2 heterocycles. The second-order valence-corrected chi connectivity index (χ2v) is 5.75. The Morgan fingerprint density at radius 3 is 3.00 bits per heavy atom.